The molecule has 2 aromatic heterocycles. The average molecular weight is 544 g/mol. The van der Waals surface area contributed by atoms with E-state index in [1.54, 1.807) is 20.4 Å². The van der Waals surface area contributed by atoms with Crippen molar-refractivity contribution in [2.45, 2.75) is 51.4 Å². The molecule has 0 saturated carbocycles. The van der Waals surface area contributed by atoms with E-state index in [0.29, 0.717) is 36.4 Å². The molecule has 2 unspecified atom stereocenters. The Balaban J connectivity index is 1.36. The number of aromatic nitrogens is 2. The highest BCUT2D eigenvalue weighted by molar-refractivity contribution is 6.33. The molecule has 206 valence electrons. The van der Waals surface area contributed by atoms with Crippen LogP contribution in [0.3, 0.4) is 0 Å². The van der Waals surface area contributed by atoms with Gasteiger partial charge >= 0.3 is 0 Å². The summed E-state index contributed by atoms with van der Waals surface area (Å²) < 4.78 is 22.9. The van der Waals surface area contributed by atoms with Crippen LogP contribution in [0.1, 0.15) is 33.1 Å². The van der Waals surface area contributed by atoms with Gasteiger partial charge in [0, 0.05) is 76.4 Å². The molecule has 2 aliphatic heterocycles. The molecular formula is C28H38ClN5O4. The van der Waals surface area contributed by atoms with E-state index in [1.165, 1.54) is 0 Å². The standard InChI is InChI=1S/C28H38ClN5O4/c1-19-17-33(24-14-28(36-4)32-16-22(24)29)11-9-25(19)38-27-7-6-21(15-31-27)34-18-26(37-13-5-12-35-3)20(2)23(34)8-10-30/h6-7,14-16,19-20,23,25-26H,5,8-9,11-13,17-18H2,1-4H3/t19?,20-,23-,25?,26-/m0/s1. The fourth-order valence-electron chi connectivity index (χ4n) is 5.40. The first-order chi connectivity index (χ1) is 18.4. The zero-order valence-electron chi connectivity index (χ0n) is 22.7. The molecule has 5 atom stereocenters. The summed E-state index contributed by atoms with van der Waals surface area (Å²) in [6, 6.07) is 8.28. The van der Waals surface area contributed by atoms with Crippen molar-refractivity contribution in [1.29, 1.82) is 5.26 Å². The van der Waals surface area contributed by atoms with Crippen LogP contribution >= 0.6 is 11.6 Å². The Kier molecular flexibility index (Phi) is 9.89. The van der Waals surface area contributed by atoms with E-state index in [9.17, 15) is 5.26 Å². The van der Waals surface area contributed by atoms with Crippen molar-refractivity contribution in [3.63, 3.8) is 0 Å². The predicted molar refractivity (Wildman–Crippen MR) is 147 cm³/mol. The third-order valence-corrected chi connectivity index (χ3v) is 7.90. The summed E-state index contributed by atoms with van der Waals surface area (Å²) in [5.41, 5.74) is 1.91. The monoisotopic (exact) mass is 543 g/mol. The zero-order valence-corrected chi connectivity index (χ0v) is 23.4. The number of piperidine rings is 1. The maximum atomic E-state index is 9.44. The van der Waals surface area contributed by atoms with Gasteiger partial charge < -0.3 is 28.7 Å². The summed E-state index contributed by atoms with van der Waals surface area (Å²) in [7, 11) is 3.30. The van der Waals surface area contributed by atoms with Gasteiger partial charge in [-0.15, -0.1) is 0 Å². The van der Waals surface area contributed by atoms with E-state index < -0.39 is 0 Å². The van der Waals surface area contributed by atoms with Gasteiger partial charge in [0.25, 0.3) is 0 Å². The molecule has 38 heavy (non-hydrogen) atoms. The normalized spacial score (nSPS) is 25.3. The molecule has 2 aromatic rings. The van der Waals surface area contributed by atoms with Crippen molar-refractivity contribution < 1.29 is 18.9 Å². The van der Waals surface area contributed by atoms with Gasteiger partial charge in [-0.25, -0.2) is 9.97 Å². The van der Waals surface area contributed by atoms with Crippen LogP contribution in [0.15, 0.2) is 30.6 Å². The van der Waals surface area contributed by atoms with Crippen molar-refractivity contribution in [1.82, 2.24) is 9.97 Å². The predicted octanol–water partition coefficient (Wildman–Crippen LogP) is 4.59. The lowest BCUT2D eigenvalue weighted by Gasteiger charge is -2.38. The Morgan fingerprint density at radius 2 is 1.89 bits per heavy atom. The molecule has 0 spiro atoms. The van der Waals surface area contributed by atoms with Crippen LogP contribution < -0.4 is 19.3 Å². The molecule has 0 amide bonds. The highest BCUT2D eigenvalue weighted by atomic mass is 35.5. The first-order valence-corrected chi connectivity index (χ1v) is 13.6. The maximum absolute atomic E-state index is 9.44. The second-order valence-corrected chi connectivity index (χ2v) is 10.5. The Morgan fingerprint density at radius 3 is 2.58 bits per heavy atom. The first-order valence-electron chi connectivity index (χ1n) is 13.3. The second kappa shape index (κ2) is 13.3. The zero-order chi connectivity index (χ0) is 27.1. The van der Waals surface area contributed by atoms with E-state index in [1.807, 2.05) is 24.4 Å². The molecule has 10 heteroatoms. The van der Waals surface area contributed by atoms with Gasteiger partial charge in [-0.05, 0) is 12.5 Å². The third kappa shape index (κ3) is 6.60. The van der Waals surface area contributed by atoms with E-state index >= 15 is 0 Å². The Labute approximate surface area is 230 Å². The highest BCUT2D eigenvalue weighted by Gasteiger charge is 2.39. The lowest BCUT2D eigenvalue weighted by Crippen LogP contribution is -2.44. The minimum absolute atomic E-state index is 0.0511. The quantitative estimate of drug-likeness (QED) is 0.377. The SMILES string of the molecule is COCCCO[C@H]1CN(c2ccc(OC3CCN(c4cc(OC)ncc4Cl)CC3C)nc2)[C@@H](CC#N)[C@@H]1C. The van der Waals surface area contributed by atoms with E-state index in [0.717, 1.165) is 43.9 Å². The van der Waals surface area contributed by atoms with E-state index in [2.05, 4.69) is 39.7 Å². The van der Waals surface area contributed by atoms with Gasteiger partial charge in [0.2, 0.25) is 11.8 Å². The number of anilines is 2. The lowest BCUT2D eigenvalue weighted by atomic mass is 9.96. The minimum Gasteiger partial charge on any atom is -0.481 e. The summed E-state index contributed by atoms with van der Waals surface area (Å²) >= 11 is 6.42. The summed E-state index contributed by atoms with van der Waals surface area (Å²) in [5.74, 6) is 1.68. The second-order valence-electron chi connectivity index (χ2n) is 10.1. The molecule has 4 rings (SSSR count). The highest BCUT2D eigenvalue weighted by Crippen LogP contribution is 2.35. The number of methoxy groups -OCH3 is 2. The van der Waals surface area contributed by atoms with Gasteiger partial charge in [-0.2, -0.15) is 5.26 Å². The number of nitriles is 1. The van der Waals surface area contributed by atoms with Gasteiger partial charge in [0.15, 0.2) is 0 Å². The van der Waals surface area contributed by atoms with Crippen molar-refractivity contribution in [3.05, 3.63) is 35.6 Å². The summed E-state index contributed by atoms with van der Waals surface area (Å²) in [6.45, 7) is 8.04. The Hall–Kier alpha value is -2.80. The molecule has 4 heterocycles. The average Bonchev–Trinajstić information content (AvgIpc) is 3.23. The van der Waals surface area contributed by atoms with Crippen molar-refractivity contribution in [3.8, 4) is 17.8 Å². The van der Waals surface area contributed by atoms with Crippen LogP contribution in [-0.2, 0) is 9.47 Å². The Morgan fingerprint density at radius 1 is 1.08 bits per heavy atom. The molecule has 0 aromatic carbocycles. The maximum Gasteiger partial charge on any atom is 0.215 e. The smallest absolute Gasteiger partial charge is 0.215 e. The minimum atomic E-state index is 0.0511. The van der Waals surface area contributed by atoms with Crippen LogP contribution in [0.5, 0.6) is 11.8 Å². The summed E-state index contributed by atoms with van der Waals surface area (Å²) in [5, 5.41) is 10.0. The molecule has 2 fully saturated rings. The third-order valence-electron chi connectivity index (χ3n) is 7.61. The molecule has 0 aliphatic carbocycles. The van der Waals surface area contributed by atoms with E-state index in [4.69, 9.17) is 30.5 Å². The van der Waals surface area contributed by atoms with Crippen LogP contribution in [0.4, 0.5) is 11.4 Å². The molecular weight excluding hydrogens is 506 g/mol. The number of hydrogen-bond acceptors (Lipinski definition) is 9. The van der Waals surface area contributed by atoms with Crippen LogP contribution in [0.2, 0.25) is 5.02 Å². The van der Waals surface area contributed by atoms with Crippen LogP contribution in [0, 0.1) is 23.2 Å². The molecule has 0 radical (unpaired) electrons. The number of rotatable bonds is 11. The molecule has 9 nitrogen and oxygen atoms in total. The first kappa shape index (κ1) is 28.2. The fraction of sp³-hybridized carbons (Fsp3) is 0.607. The van der Waals surface area contributed by atoms with Crippen molar-refractivity contribution in [2.75, 3.05) is 56.9 Å². The topological polar surface area (TPSA) is 93.0 Å². The van der Waals surface area contributed by atoms with Gasteiger partial charge in [0.05, 0.1) is 54.5 Å². The van der Waals surface area contributed by atoms with Crippen molar-refractivity contribution >= 4 is 23.0 Å². The van der Waals surface area contributed by atoms with Crippen LogP contribution in [-0.4, -0.2) is 75.3 Å². The largest absolute Gasteiger partial charge is 0.481 e. The number of ether oxygens (including phenoxy) is 4. The van der Waals surface area contributed by atoms with E-state index in [-0.39, 0.29) is 30.1 Å². The summed E-state index contributed by atoms with van der Waals surface area (Å²) in [6.07, 6.45) is 5.76. The lowest BCUT2D eigenvalue weighted by molar-refractivity contribution is 0.0271. The Bertz CT molecular complexity index is 1080. The number of hydrogen-bond donors (Lipinski definition) is 0. The van der Waals surface area contributed by atoms with Crippen LogP contribution in [0.25, 0.3) is 0 Å². The number of nitrogens with zero attached hydrogens (tertiary/aromatic N) is 5. The van der Waals surface area contributed by atoms with Crippen molar-refractivity contribution in [2.24, 2.45) is 11.8 Å². The fourth-order valence-corrected chi connectivity index (χ4v) is 5.63. The molecule has 0 N–H and O–H groups in total. The number of halogens is 1. The van der Waals surface area contributed by atoms with Gasteiger partial charge in [-0.3, -0.25) is 0 Å². The van der Waals surface area contributed by atoms with Gasteiger partial charge in [0.1, 0.15) is 6.10 Å². The summed E-state index contributed by atoms with van der Waals surface area (Å²) in [4.78, 5) is 13.3. The molecule has 0 bridgehead atoms. The number of pyridine rings is 2. The molecule has 2 aliphatic rings. The van der Waals surface area contributed by atoms with Gasteiger partial charge in [-0.1, -0.05) is 25.4 Å². The molecule has 2 saturated heterocycles.